The number of benzene rings is 1. The predicted octanol–water partition coefficient (Wildman–Crippen LogP) is 1.03. The SMILES string of the molecule is Cc1c(C(=O)O)cnn1-c1ccc(C(=O)N2C[C@H]3OCCN(C)[C@H]3C2)cc1. The van der Waals surface area contributed by atoms with Crippen LogP contribution in [-0.2, 0) is 4.74 Å². The van der Waals surface area contributed by atoms with E-state index in [4.69, 9.17) is 9.84 Å². The number of carboxylic acid groups (broad SMARTS) is 1. The van der Waals surface area contributed by atoms with Gasteiger partial charge in [-0.1, -0.05) is 0 Å². The van der Waals surface area contributed by atoms with E-state index in [1.807, 2.05) is 4.90 Å². The lowest BCUT2D eigenvalue weighted by Gasteiger charge is -2.33. The maximum atomic E-state index is 12.9. The zero-order chi connectivity index (χ0) is 19.1. The van der Waals surface area contributed by atoms with Gasteiger partial charge >= 0.3 is 5.97 Å². The number of hydrogen-bond donors (Lipinski definition) is 1. The van der Waals surface area contributed by atoms with Crippen molar-refractivity contribution >= 4 is 11.9 Å². The number of aromatic carboxylic acids is 1. The van der Waals surface area contributed by atoms with Crippen molar-refractivity contribution in [1.82, 2.24) is 19.6 Å². The number of carbonyl (C=O) groups is 2. The van der Waals surface area contributed by atoms with Gasteiger partial charge in [-0.2, -0.15) is 5.10 Å². The van der Waals surface area contributed by atoms with Crippen molar-refractivity contribution < 1.29 is 19.4 Å². The monoisotopic (exact) mass is 370 g/mol. The van der Waals surface area contributed by atoms with Crippen LogP contribution < -0.4 is 0 Å². The number of likely N-dealkylation sites (N-methyl/N-ethyl adjacent to an activating group) is 1. The molecule has 2 aromatic rings. The van der Waals surface area contributed by atoms with Gasteiger partial charge in [-0.05, 0) is 38.2 Å². The van der Waals surface area contributed by atoms with Crippen molar-refractivity contribution in [2.45, 2.75) is 19.1 Å². The second-order valence-electron chi connectivity index (χ2n) is 7.07. The maximum Gasteiger partial charge on any atom is 0.339 e. The summed E-state index contributed by atoms with van der Waals surface area (Å²) in [5, 5.41) is 13.3. The van der Waals surface area contributed by atoms with E-state index < -0.39 is 5.97 Å². The Labute approximate surface area is 156 Å². The predicted molar refractivity (Wildman–Crippen MR) is 97.3 cm³/mol. The number of rotatable bonds is 3. The lowest BCUT2D eigenvalue weighted by molar-refractivity contribution is -0.0368. The van der Waals surface area contributed by atoms with Crippen LogP contribution in [0.15, 0.2) is 30.5 Å². The van der Waals surface area contributed by atoms with Crippen LogP contribution in [0.1, 0.15) is 26.4 Å². The standard InChI is InChI=1S/C19H22N4O4/c1-12-15(19(25)26)9-20-23(12)14-5-3-13(4-6-14)18(24)22-10-16-17(11-22)27-8-7-21(16)2/h3-6,9,16-17H,7-8,10-11H2,1-2H3,(H,25,26)/t16-,17+/m0/s1. The molecule has 1 N–H and O–H groups in total. The summed E-state index contributed by atoms with van der Waals surface area (Å²) < 4.78 is 7.37. The smallest absolute Gasteiger partial charge is 0.339 e. The molecule has 142 valence electrons. The first kappa shape index (κ1) is 17.7. The van der Waals surface area contributed by atoms with Crippen LogP contribution in [0.3, 0.4) is 0 Å². The lowest BCUT2D eigenvalue weighted by Crippen LogP contribution is -2.48. The summed E-state index contributed by atoms with van der Waals surface area (Å²) >= 11 is 0. The number of carbonyl (C=O) groups excluding carboxylic acids is 1. The van der Waals surface area contributed by atoms with Crippen LogP contribution in [-0.4, -0.2) is 82.0 Å². The van der Waals surface area contributed by atoms with Crippen LogP contribution in [0.25, 0.3) is 5.69 Å². The third-order valence-electron chi connectivity index (χ3n) is 5.47. The summed E-state index contributed by atoms with van der Waals surface area (Å²) in [5.74, 6) is -1.02. The molecule has 1 amide bonds. The molecule has 8 nitrogen and oxygen atoms in total. The molecule has 2 saturated heterocycles. The maximum absolute atomic E-state index is 12.9. The van der Waals surface area contributed by atoms with Gasteiger partial charge in [-0.25, -0.2) is 9.48 Å². The van der Waals surface area contributed by atoms with E-state index >= 15 is 0 Å². The fourth-order valence-corrected chi connectivity index (χ4v) is 3.83. The van der Waals surface area contributed by atoms with Crippen LogP contribution >= 0.6 is 0 Å². The Balaban J connectivity index is 1.51. The van der Waals surface area contributed by atoms with Crippen LogP contribution in [0.2, 0.25) is 0 Å². The first-order chi connectivity index (χ1) is 13.0. The fraction of sp³-hybridized carbons (Fsp3) is 0.421. The molecule has 0 bridgehead atoms. The first-order valence-electron chi connectivity index (χ1n) is 8.95. The quantitative estimate of drug-likeness (QED) is 0.868. The average molecular weight is 370 g/mol. The second-order valence-corrected chi connectivity index (χ2v) is 7.07. The summed E-state index contributed by atoms with van der Waals surface area (Å²) in [6.45, 7) is 4.57. The Bertz CT molecular complexity index is 876. The van der Waals surface area contributed by atoms with E-state index in [0.717, 1.165) is 12.2 Å². The molecule has 0 saturated carbocycles. The molecule has 0 radical (unpaired) electrons. The molecule has 0 aliphatic carbocycles. The number of hydrogen-bond acceptors (Lipinski definition) is 5. The number of ether oxygens (including phenoxy) is 1. The molecule has 1 aromatic carbocycles. The van der Waals surface area contributed by atoms with E-state index in [9.17, 15) is 9.59 Å². The number of fused-ring (bicyclic) bond motifs is 1. The van der Waals surface area contributed by atoms with Crippen molar-refractivity contribution in [2.75, 3.05) is 33.3 Å². The molecule has 2 fully saturated rings. The molecule has 2 atom stereocenters. The van der Waals surface area contributed by atoms with Gasteiger partial charge < -0.3 is 14.7 Å². The molecule has 1 aromatic heterocycles. The highest BCUT2D eigenvalue weighted by molar-refractivity contribution is 5.94. The van der Waals surface area contributed by atoms with Gasteiger partial charge in [-0.3, -0.25) is 9.69 Å². The molecule has 0 spiro atoms. The van der Waals surface area contributed by atoms with E-state index in [2.05, 4.69) is 17.0 Å². The molecule has 3 heterocycles. The first-order valence-corrected chi connectivity index (χ1v) is 8.95. The average Bonchev–Trinajstić information content (AvgIpc) is 3.26. The molecule has 0 unspecified atom stereocenters. The zero-order valence-electron chi connectivity index (χ0n) is 15.3. The summed E-state index contributed by atoms with van der Waals surface area (Å²) in [4.78, 5) is 28.1. The highest BCUT2D eigenvalue weighted by Gasteiger charge is 2.40. The highest BCUT2D eigenvalue weighted by Crippen LogP contribution is 2.23. The molecular formula is C19H22N4O4. The van der Waals surface area contributed by atoms with Gasteiger partial charge in [0.25, 0.3) is 5.91 Å². The normalized spacial score (nSPS) is 22.7. The fourth-order valence-electron chi connectivity index (χ4n) is 3.83. The molecular weight excluding hydrogens is 348 g/mol. The Hall–Kier alpha value is -2.71. The Morgan fingerprint density at radius 3 is 2.59 bits per heavy atom. The Kier molecular flexibility index (Phi) is 4.45. The summed E-state index contributed by atoms with van der Waals surface area (Å²) in [7, 11) is 2.07. The third kappa shape index (κ3) is 3.11. The van der Waals surface area contributed by atoms with Gasteiger partial charge in [-0.15, -0.1) is 0 Å². The summed E-state index contributed by atoms with van der Waals surface area (Å²) in [5.41, 5.74) is 2.03. The van der Waals surface area contributed by atoms with Crippen molar-refractivity contribution in [3.8, 4) is 5.69 Å². The molecule has 2 aliphatic heterocycles. The van der Waals surface area contributed by atoms with Crippen molar-refractivity contribution in [1.29, 1.82) is 0 Å². The third-order valence-corrected chi connectivity index (χ3v) is 5.47. The molecule has 2 aliphatic rings. The van der Waals surface area contributed by atoms with Crippen molar-refractivity contribution in [3.63, 3.8) is 0 Å². The largest absolute Gasteiger partial charge is 0.478 e. The second kappa shape index (κ2) is 6.79. The van der Waals surface area contributed by atoms with Crippen LogP contribution in [0.4, 0.5) is 0 Å². The van der Waals surface area contributed by atoms with Crippen LogP contribution in [0.5, 0.6) is 0 Å². The van der Waals surface area contributed by atoms with E-state index in [1.54, 1.807) is 35.9 Å². The number of aromatic nitrogens is 2. The molecule has 4 rings (SSSR count). The number of amides is 1. The molecule has 27 heavy (non-hydrogen) atoms. The number of likely N-dealkylation sites (tertiary alicyclic amines) is 1. The number of morpholine rings is 1. The number of carboxylic acids is 1. The summed E-state index contributed by atoms with van der Waals surface area (Å²) in [6.07, 6.45) is 1.41. The van der Waals surface area contributed by atoms with Gasteiger partial charge in [0.2, 0.25) is 0 Å². The Morgan fingerprint density at radius 2 is 1.96 bits per heavy atom. The van der Waals surface area contributed by atoms with E-state index in [1.165, 1.54) is 6.20 Å². The lowest BCUT2D eigenvalue weighted by atomic mass is 10.1. The highest BCUT2D eigenvalue weighted by atomic mass is 16.5. The minimum atomic E-state index is -1.01. The van der Waals surface area contributed by atoms with Gasteiger partial charge in [0.05, 0.1) is 36.3 Å². The van der Waals surface area contributed by atoms with Gasteiger partial charge in [0.1, 0.15) is 5.56 Å². The minimum absolute atomic E-state index is 0.0173. The van der Waals surface area contributed by atoms with Crippen LogP contribution in [0, 0.1) is 6.92 Å². The van der Waals surface area contributed by atoms with Crippen molar-refractivity contribution in [2.24, 2.45) is 0 Å². The minimum Gasteiger partial charge on any atom is -0.478 e. The van der Waals surface area contributed by atoms with Gasteiger partial charge in [0.15, 0.2) is 0 Å². The zero-order valence-corrected chi connectivity index (χ0v) is 15.3. The number of nitrogens with zero attached hydrogens (tertiary/aromatic N) is 4. The van der Waals surface area contributed by atoms with E-state index in [-0.39, 0.29) is 23.6 Å². The Morgan fingerprint density at radius 1 is 1.22 bits per heavy atom. The van der Waals surface area contributed by atoms with E-state index in [0.29, 0.717) is 31.0 Å². The van der Waals surface area contributed by atoms with Gasteiger partial charge in [0, 0.05) is 25.2 Å². The summed E-state index contributed by atoms with van der Waals surface area (Å²) in [6, 6.07) is 7.33. The topological polar surface area (TPSA) is 87.9 Å². The van der Waals surface area contributed by atoms with Crippen molar-refractivity contribution in [3.05, 3.63) is 47.3 Å². The molecule has 8 heteroatoms.